The summed E-state index contributed by atoms with van der Waals surface area (Å²) in [5.41, 5.74) is 0.920. The molecule has 2 rings (SSSR count). The van der Waals surface area contributed by atoms with E-state index in [9.17, 15) is 4.79 Å². The Kier molecular flexibility index (Phi) is 2.82. The second kappa shape index (κ2) is 4.44. The standard InChI is InChI=1S/C12H9NO3/c14-12(15)11-8-10(16-13-11)7-6-9-4-2-1-3-5-9/h1-8H,(H,14,15). The molecule has 1 aromatic carbocycles. The van der Waals surface area contributed by atoms with Crippen molar-refractivity contribution < 1.29 is 14.4 Å². The minimum absolute atomic E-state index is 0.0901. The van der Waals surface area contributed by atoms with Crippen molar-refractivity contribution in [3.8, 4) is 0 Å². The highest BCUT2D eigenvalue weighted by atomic mass is 16.5. The Labute approximate surface area is 91.8 Å². The molecule has 4 nitrogen and oxygen atoms in total. The third kappa shape index (κ3) is 2.36. The summed E-state index contributed by atoms with van der Waals surface area (Å²) in [5, 5.41) is 12.0. The van der Waals surface area contributed by atoms with Gasteiger partial charge in [-0.2, -0.15) is 0 Å². The molecule has 0 aliphatic heterocycles. The van der Waals surface area contributed by atoms with Crippen molar-refractivity contribution >= 4 is 18.1 Å². The highest BCUT2D eigenvalue weighted by Gasteiger charge is 2.08. The third-order valence-electron chi connectivity index (χ3n) is 1.99. The smallest absolute Gasteiger partial charge is 0.358 e. The third-order valence-corrected chi connectivity index (χ3v) is 1.99. The number of aromatic carboxylic acids is 1. The van der Waals surface area contributed by atoms with E-state index < -0.39 is 5.97 Å². The highest BCUT2D eigenvalue weighted by Crippen LogP contribution is 2.09. The van der Waals surface area contributed by atoms with Crippen molar-refractivity contribution in [2.45, 2.75) is 0 Å². The van der Waals surface area contributed by atoms with Crippen LogP contribution in [0, 0.1) is 0 Å². The fourth-order valence-electron chi connectivity index (χ4n) is 1.21. The van der Waals surface area contributed by atoms with Gasteiger partial charge in [0, 0.05) is 6.07 Å². The quantitative estimate of drug-likeness (QED) is 0.854. The maximum absolute atomic E-state index is 10.5. The van der Waals surface area contributed by atoms with E-state index >= 15 is 0 Å². The van der Waals surface area contributed by atoms with E-state index in [1.807, 2.05) is 36.4 Å². The summed E-state index contributed by atoms with van der Waals surface area (Å²) in [7, 11) is 0. The van der Waals surface area contributed by atoms with Gasteiger partial charge in [-0.1, -0.05) is 41.6 Å². The Hall–Kier alpha value is -2.36. The molecule has 0 aliphatic rings. The molecule has 1 N–H and O–H groups in total. The molecule has 16 heavy (non-hydrogen) atoms. The molecule has 0 saturated heterocycles. The number of carbonyl (C=O) groups is 1. The van der Waals surface area contributed by atoms with Crippen LogP contribution in [0.5, 0.6) is 0 Å². The first kappa shape index (κ1) is 10.2. The number of hydrogen-bond acceptors (Lipinski definition) is 3. The van der Waals surface area contributed by atoms with Crippen LogP contribution in [0.15, 0.2) is 40.9 Å². The Bertz CT molecular complexity index is 514. The van der Waals surface area contributed by atoms with E-state index in [2.05, 4.69) is 5.16 Å². The largest absolute Gasteiger partial charge is 0.476 e. The molecule has 4 heteroatoms. The van der Waals surface area contributed by atoms with Crippen LogP contribution in [0.1, 0.15) is 21.8 Å². The van der Waals surface area contributed by atoms with E-state index in [0.29, 0.717) is 5.76 Å². The van der Waals surface area contributed by atoms with Crippen molar-refractivity contribution in [1.29, 1.82) is 0 Å². The normalized spacial score (nSPS) is 10.8. The molecule has 0 amide bonds. The zero-order chi connectivity index (χ0) is 11.4. The van der Waals surface area contributed by atoms with Crippen LogP contribution < -0.4 is 0 Å². The number of benzene rings is 1. The van der Waals surface area contributed by atoms with Gasteiger partial charge in [-0.05, 0) is 11.6 Å². The van der Waals surface area contributed by atoms with Gasteiger partial charge in [0.15, 0.2) is 11.5 Å². The van der Waals surface area contributed by atoms with E-state index in [1.165, 1.54) is 6.07 Å². The minimum Gasteiger partial charge on any atom is -0.476 e. The summed E-state index contributed by atoms with van der Waals surface area (Å²) in [4.78, 5) is 10.5. The summed E-state index contributed by atoms with van der Waals surface area (Å²) in [6.45, 7) is 0. The average molecular weight is 215 g/mol. The van der Waals surface area contributed by atoms with Crippen LogP contribution in [-0.4, -0.2) is 16.2 Å². The molecule has 0 fully saturated rings. The van der Waals surface area contributed by atoms with E-state index in [0.717, 1.165) is 5.56 Å². The topological polar surface area (TPSA) is 63.3 Å². The van der Waals surface area contributed by atoms with Gasteiger partial charge in [0.2, 0.25) is 0 Å². The predicted octanol–water partition coefficient (Wildman–Crippen LogP) is 2.54. The Balaban J connectivity index is 2.15. The van der Waals surface area contributed by atoms with Gasteiger partial charge in [-0.25, -0.2) is 4.79 Å². The lowest BCUT2D eigenvalue weighted by Gasteiger charge is -1.88. The van der Waals surface area contributed by atoms with Crippen LogP contribution >= 0.6 is 0 Å². The van der Waals surface area contributed by atoms with Gasteiger partial charge in [0.25, 0.3) is 0 Å². The van der Waals surface area contributed by atoms with Crippen LogP contribution in [0.25, 0.3) is 12.2 Å². The Morgan fingerprint density at radius 3 is 2.62 bits per heavy atom. The minimum atomic E-state index is -1.09. The number of hydrogen-bond donors (Lipinski definition) is 1. The van der Waals surface area contributed by atoms with Gasteiger partial charge in [0.1, 0.15) is 0 Å². The highest BCUT2D eigenvalue weighted by molar-refractivity contribution is 5.86. The molecule has 0 radical (unpaired) electrons. The zero-order valence-electron chi connectivity index (χ0n) is 8.33. The van der Waals surface area contributed by atoms with Gasteiger partial charge < -0.3 is 9.63 Å². The second-order valence-corrected chi connectivity index (χ2v) is 3.16. The lowest BCUT2D eigenvalue weighted by Crippen LogP contribution is -1.94. The molecule has 0 bridgehead atoms. The van der Waals surface area contributed by atoms with E-state index in [4.69, 9.17) is 9.63 Å². The molecule has 2 aromatic rings. The summed E-state index contributed by atoms with van der Waals surface area (Å²) in [6, 6.07) is 11.0. The summed E-state index contributed by atoms with van der Waals surface area (Å²) in [5.74, 6) is -0.677. The number of nitrogens with zero attached hydrogens (tertiary/aromatic N) is 1. The van der Waals surface area contributed by atoms with Gasteiger partial charge in [-0.15, -0.1) is 0 Å². The lowest BCUT2D eigenvalue weighted by molar-refractivity contribution is 0.0685. The number of rotatable bonds is 3. The molecule has 0 atom stereocenters. The number of carboxylic acids is 1. The fraction of sp³-hybridized carbons (Fsp3) is 0. The van der Waals surface area contributed by atoms with E-state index in [-0.39, 0.29) is 5.69 Å². The van der Waals surface area contributed by atoms with Crippen molar-refractivity contribution in [3.63, 3.8) is 0 Å². The summed E-state index contributed by atoms with van der Waals surface area (Å²) >= 11 is 0. The SMILES string of the molecule is O=C(O)c1cc(C=Cc2ccccc2)on1. The predicted molar refractivity (Wildman–Crippen MR) is 58.8 cm³/mol. The van der Waals surface area contributed by atoms with Gasteiger partial charge in [-0.3, -0.25) is 0 Å². The average Bonchev–Trinajstić information content (AvgIpc) is 2.76. The molecule has 1 heterocycles. The van der Waals surface area contributed by atoms with E-state index in [1.54, 1.807) is 6.08 Å². The summed E-state index contributed by atoms with van der Waals surface area (Å²) in [6.07, 6.45) is 3.50. The fourth-order valence-corrected chi connectivity index (χ4v) is 1.21. The van der Waals surface area contributed by atoms with Crippen molar-refractivity contribution in [1.82, 2.24) is 5.16 Å². The molecule has 0 spiro atoms. The zero-order valence-corrected chi connectivity index (χ0v) is 8.33. The van der Waals surface area contributed by atoms with Crippen LogP contribution in [0.4, 0.5) is 0 Å². The van der Waals surface area contributed by atoms with Crippen molar-refractivity contribution in [2.75, 3.05) is 0 Å². The molecular weight excluding hydrogens is 206 g/mol. The Morgan fingerprint density at radius 1 is 1.25 bits per heavy atom. The van der Waals surface area contributed by atoms with Crippen LogP contribution in [0.3, 0.4) is 0 Å². The number of carboxylic acid groups (broad SMARTS) is 1. The maximum atomic E-state index is 10.5. The molecule has 0 aliphatic carbocycles. The monoisotopic (exact) mass is 215 g/mol. The molecular formula is C12H9NO3. The molecule has 80 valence electrons. The lowest BCUT2D eigenvalue weighted by atomic mass is 10.2. The summed E-state index contributed by atoms with van der Waals surface area (Å²) < 4.78 is 4.83. The first-order valence-corrected chi connectivity index (χ1v) is 4.69. The van der Waals surface area contributed by atoms with Gasteiger partial charge in [0.05, 0.1) is 0 Å². The van der Waals surface area contributed by atoms with Crippen molar-refractivity contribution in [2.24, 2.45) is 0 Å². The molecule has 0 saturated carbocycles. The Morgan fingerprint density at radius 2 is 2.00 bits per heavy atom. The molecule has 1 aromatic heterocycles. The molecule has 0 unspecified atom stereocenters. The second-order valence-electron chi connectivity index (χ2n) is 3.16. The number of aromatic nitrogens is 1. The van der Waals surface area contributed by atoms with Crippen molar-refractivity contribution in [3.05, 3.63) is 53.4 Å². The van der Waals surface area contributed by atoms with Crippen LogP contribution in [0.2, 0.25) is 0 Å². The first-order chi connectivity index (χ1) is 7.75. The van der Waals surface area contributed by atoms with Crippen LogP contribution in [-0.2, 0) is 0 Å². The maximum Gasteiger partial charge on any atom is 0.358 e. The first-order valence-electron chi connectivity index (χ1n) is 4.69. The van der Waals surface area contributed by atoms with Gasteiger partial charge >= 0.3 is 5.97 Å².